The van der Waals surface area contributed by atoms with Gasteiger partial charge in [0.1, 0.15) is 23.1 Å². The lowest BCUT2D eigenvalue weighted by molar-refractivity contribution is -0.133. The van der Waals surface area contributed by atoms with Crippen molar-refractivity contribution in [2.45, 2.75) is 94.4 Å². The number of hydrogen-bond donors (Lipinski definition) is 0. The molecule has 0 N–H and O–H groups in total. The molecule has 0 atom stereocenters. The number of hydrogen-bond acceptors (Lipinski definition) is 4. The zero-order valence-corrected chi connectivity index (χ0v) is 22.6. The minimum Gasteiger partial charge on any atom is -0.299 e. The van der Waals surface area contributed by atoms with E-state index in [9.17, 15) is 19.2 Å². The summed E-state index contributed by atoms with van der Waals surface area (Å²) in [5, 5.41) is 0. The molecule has 0 aromatic heterocycles. The molecule has 0 bridgehead atoms. The van der Waals surface area contributed by atoms with Crippen molar-refractivity contribution in [3.63, 3.8) is 0 Å². The molecule has 0 rings (SSSR count). The van der Waals surface area contributed by atoms with Crippen LogP contribution in [-0.2, 0) is 19.2 Å². The van der Waals surface area contributed by atoms with Gasteiger partial charge in [-0.05, 0) is 35.5 Å². The summed E-state index contributed by atoms with van der Waals surface area (Å²) in [6, 6.07) is 0. The zero-order chi connectivity index (χ0) is 23.7. The summed E-state index contributed by atoms with van der Waals surface area (Å²) in [5.41, 5.74) is 0. The van der Waals surface area contributed by atoms with Crippen LogP contribution in [0.25, 0.3) is 0 Å². The molecule has 0 amide bonds. The van der Waals surface area contributed by atoms with Gasteiger partial charge in [0.25, 0.3) is 0 Å². The summed E-state index contributed by atoms with van der Waals surface area (Å²) in [6.07, 6.45) is 2.24. The summed E-state index contributed by atoms with van der Waals surface area (Å²) in [4.78, 5) is 47.5. The number of ketones is 4. The van der Waals surface area contributed by atoms with Crippen molar-refractivity contribution in [3.8, 4) is 0 Å². The van der Waals surface area contributed by atoms with Gasteiger partial charge >= 0.3 is 0 Å². The molecular weight excluding hydrogens is 479 g/mol. The minimum atomic E-state index is -0.403. The second-order valence-corrected chi connectivity index (χ2v) is 9.30. The van der Waals surface area contributed by atoms with Crippen LogP contribution < -0.4 is 0 Å². The van der Waals surface area contributed by atoms with Gasteiger partial charge in [0, 0.05) is 25.7 Å². The number of carbonyl (C=O) groups excluding carboxylic acids is 4. The first-order valence-electron chi connectivity index (χ1n) is 10.7. The summed E-state index contributed by atoms with van der Waals surface area (Å²) in [5.74, 6) is 1.35. The van der Waals surface area contributed by atoms with Crippen molar-refractivity contribution in [1.29, 1.82) is 0 Å². The Labute approximate surface area is 193 Å². The molecule has 0 aliphatic heterocycles. The second-order valence-electron chi connectivity index (χ2n) is 9.30. The Bertz CT molecular complexity index is 437. The summed E-state index contributed by atoms with van der Waals surface area (Å²) in [7, 11) is 0. The van der Waals surface area contributed by atoms with Crippen LogP contribution in [0.2, 0.25) is 0 Å². The molecular formula is C24H45IO4. The summed E-state index contributed by atoms with van der Waals surface area (Å²) in [6.45, 7) is 17.7. The van der Waals surface area contributed by atoms with E-state index >= 15 is 0 Å². The summed E-state index contributed by atoms with van der Waals surface area (Å²) >= 11 is 2.15. The van der Waals surface area contributed by atoms with E-state index < -0.39 is 5.92 Å². The molecule has 0 radical (unpaired) electrons. The SMILES string of the molecule is CC(C)CC(=O)C(C)C(=O)CC(C)C.CC(C)CC(=O)CC(=O)CC(C)C.CI. The van der Waals surface area contributed by atoms with Gasteiger partial charge in [0.2, 0.25) is 0 Å². The minimum absolute atomic E-state index is 0.0839. The van der Waals surface area contributed by atoms with Crippen molar-refractivity contribution < 1.29 is 19.2 Å². The quantitative estimate of drug-likeness (QED) is 0.166. The molecule has 0 spiro atoms. The number of rotatable bonds is 12. The molecule has 4 nitrogen and oxygen atoms in total. The average molecular weight is 525 g/mol. The van der Waals surface area contributed by atoms with Crippen LogP contribution in [0.4, 0.5) is 0 Å². The highest BCUT2D eigenvalue weighted by Gasteiger charge is 2.22. The number of carbonyl (C=O) groups is 4. The Morgan fingerprint density at radius 3 is 0.966 bits per heavy atom. The topological polar surface area (TPSA) is 68.3 Å². The van der Waals surface area contributed by atoms with Crippen LogP contribution in [-0.4, -0.2) is 28.1 Å². The highest BCUT2D eigenvalue weighted by molar-refractivity contribution is 14.1. The second kappa shape index (κ2) is 19.4. The standard InChI is InChI=1S/C12H22O2.C11H20O2.CH3I/c1-8(2)6-11(13)10(5)12(14)7-9(3)4;1-8(2)5-10(12)7-11(13)6-9(3)4;1-2/h8-10H,6-7H2,1-5H3;8-9H,5-7H2,1-4H3;1H3. The first kappa shape index (κ1) is 33.1. The molecule has 0 saturated heterocycles. The van der Waals surface area contributed by atoms with Gasteiger partial charge < -0.3 is 0 Å². The predicted molar refractivity (Wildman–Crippen MR) is 132 cm³/mol. The third-order valence-electron chi connectivity index (χ3n) is 3.85. The van der Waals surface area contributed by atoms with E-state index in [0.717, 1.165) is 0 Å². The largest absolute Gasteiger partial charge is 0.299 e. The van der Waals surface area contributed by atoms with Gasteiger partial charge in [-0.2, -0.15) is 0 Å². The zero-order valence-electron chi connectivity index (χ0n) is 20.4. The maximum absolute atomic E-state index is 11.6. The van der Waals surface area contributed by atoms with Crippen LogP contribution in [0.3, 0.4) is 0 Å². The Balaban J connectivity index is -0.000000430. The molecule has 5 heteroatoms. The van der Waals surface area contributed by atoms with Gasteiger partial charge in [-0.3, -0.25) is 19.2 Å². The molecule has 0 fully saturated rings. The smallest absolute Gasteiger partial charge is 0.143 e. The van der Waals surface area contributed by atoms with Crippen molar-refractivity contribution in [1.82, 2.24) is 0 Å². The first-order chi connectivity index (χ1) is 13.3. The van der Waals surface area contributed by atoms with Crippen LogP contribution in [0.5, 0.6) is 0 Å². The molecule has 0 unspecified atom stereocenters. The number of halogens is 1. The number of Topliss-reactive ketones (excluding diaryl/α,β-unsaturated/α-hetero) is 4. The maximum Gasteiger partial charge on any atom is 0.143 e. The van der Waals surface area contributed by atoms with Crippen LogP contribution >= 0.6 is 22.6 Å². The third kappa shape index (κ3) is 23.6. The van der Waals surface area contributed by atoms with Crippen LogP contribution in [0.1, 0.15) is 94.4 Å². The van der Waals surface area contributed by atoms with Gasteiger partial charge in [0.15, 0.2) is 0 Å². The fourth-order valence-corrected chi connectivity index (χ4v) is 2.61. The monoisotopic (exact) mass is 524 g/mol. The van der Waals surface area contributed by atoms with E-state index in [-0.39, 0.29) is 29.6 Å². The highest BCUT2D eigenvalue weighted by Crippen LogP contribution is 2.13. The Kier molecular flexibility index (Phi) is 22.1. The van der Waals surface area contributed by atoms with E-state index in [4.69, 9.17) is 0 Å². The van der Waals surface area contributed by atoms with Gasteiger partial charge in [0.05, 0.1) is 12.3 Å². The van der Waals surface area contributed by atoms with E-state index in [0.29, 0.717) is 49.4 Å². The fraction of sp³-hybridized carbons (Fsp3) is 0.833. The molecule has 29 heavy (non-hydrogen) atoms. The lowest BCUT2D eigenvalue weighted by atomic mass is 9.90. The molecule has 0 saturated carbocycles. The van der Waals surface area contributed by atoms with Crippen LogP contribution in [0.15, 0.2) is 0 Å². The predicted octanol–water partition coefficient (Wildman–Crippen LogP) is 6.51. The average Bonchev–Trinajstić information content (AvgIpc) is 2.53. The van der Waals surface area contributed by atoms with Crippen molar-refractivity contribution in [2.75, 3.05) is 4.93 Å². The fourth-order valence-electron chi connectivity index (χ4n) is 2.61. The van der Waals surface area contributed by atoms with Crippen molar-refractivity contribution in [2.24, 2.45) is 29.6 Å². The van der Waals surface area contributed by atoms with Crippen molar-refractivity contribution >= 4 is 45.7 Å². The molecule has 0 aromatic rings. The Morgan fingerprint density at radius 1 is 0.517 bits per heavy atom. The Hall–Kier alpha value is -0.590. The van der Waals surface area contributed by atoms with E-state index in [1.165, 1.54) is 0 Å². The maximum atomic E-state index is 11.6. The molecule has 0 aromatic carbocycles. The van der Waals surface area contributed by atoms with E-state index in [1.807, 2.05) is 60.3 Å². The van der Waals surface area contributed by atoms with Gasteiger partial charge in [-0.15, -0.1) is 0 Å². The first-order valence-corrected chi connectivity index (χ1v) is 12.9. The van der Waals surface area contributed by atoms with Gasteiger partial charge in [-0.25, -0.2) is 0 Å². The lowest BCUT2D eigenvalue weighted by Gasteiger charge is -2.12. The molecule has 0 aliphatic carbocycles. The van der Waals surface area contributed by atoms with E-state index in [1.54, 1.807) is 6.92 Å². The number of alkyl halides is 1. The third-order valence-corrected chi connectivity index (χ3v) is 3.85. The molecule has 172 valence electrons. The van der Waals surface area contributed by atoms with E-state index in [2.05, 4.69) is 22.6 Å². The normalized spacial score (nSPS) is 10.6. The molecule has 0 heterocycles. The van der Waals surface area contributed by atoms with Crippen molar-refractivity contribution in [3.05, 3.63) is 0 Å². The highest BCUT2D eigenvalue weighted by atomic mass is 127. The molecule has 0 aliphatic rings. The van der Waals surface area contributed by atoms with Gasteiger partial charge in [-0.1, -0.05) is 78.0 Å². The lowest BCUT2D eigenvalue weighted by Crippen LogP contribution is -2.23. The van der Waals surface area contributed by atoms with Crippen LogP contribution in [0, 0.1) is 29.6 Å². The summed E-state index contributed by atoms with van der Waals surface area (Å²) < 4.78 is 0. The Morgan fingerprint density at radius 2 is 0.759 bits per heavy atom.